The van der Waals surface area contributed by atoms with Crippen LogP contribution in [0.3, 0.4) is 0 Å². The first-order valence-corrected chi connectivity index (χ1v) is 9.69. The fourth-order valence-electron chi connectivity index (χ4n) is 2.79. The Bertz CT molecular complexity index is 932. The average molecular weight is 470 g/mol. The Kier molecular flexibility index (Phi) is 6.08. The maximum Gasteiger partial charge on any atom is 0.343 e. The highest BCUT2D eigenvalue weighted by Gasteiger charge is 2.22. The number of thiocarbonyl (C=S) groups is 1. The number of carbonyl (C=O) groups is 1. The second kappa shape index (κ2) is 8.33. The lowest BCUT2D eigenvalue weighted by molar-refractivity contribution is -0.384. The lowest BCUT2D eigenvalue weighted by Crippen LogP contribution is -2.27. The van der Waals surface area contributed by atoms with E-state index in [1.165, 1.54) is 12.1 Å². The minimum absolute atomic E-state index is 0.0343. The van der Waals surface area contributed by atoms with E-state index < -0.39 is 10.9 Å². The molecule has 9 heteroatoms. The van der Waals surface area contributed by atoms with Gasteiger partial charge >= 0.3 is 5.97 Å². The molecule has 1 heterocycles. The highest BCUT2D eigenvalue weighted by atomic mass is 79.9. The quantitative estimate of drug-likeness (QED) is 0.206. The summed E-state index contributed by atoms with van der Waals surface area (Å²) in [7, 11) is 0. The van der Waals surface area contributed by atoms with Gasteiger partial charge < -0.3 is 9.64 Å². The molecule has 6 nitrogen and oxygen atoms in total. The van der Waals surface area contributed by atoms with E-state index in [0.29, 0.717) is 16.3 Å². The second-order valence-corrected chi connectivity index (χ2v) is 7.66. The molecule has 0 atom stereocenters. The molecule has 3 rings (SSSR count). The number of hydrogen-bond acceptors (Lipinski definition) is 5. The van der Waals surface area contributed by atoms with Crippen molar-refractivity contribution in [2.45, 2.75) is 12.8 Å². The number of rotatable bonds is 4. The van der Waals surface area contributed by atoms with Crippen molar-refractivity contribution in [1.82, 2.24) is 4.90 Å². The van der Waals surface area contributed by atoms with E-state index in [2.05, 4.69) is 20.8 Å². The van der Waals surface area contributed by atoms with Crippen molar-refractivity contribution in [1.29, 1.82) is 0 Å². The molecule has 0 bridgehead atoms. The third-order valence-corrected chi connectivity index (χ3v) is 5.44. The topological polar surface area (TPSA) is 72.7 Å². The molecule has 2 aromatic rings. The number of likely N-dealkylation sites (tertiary alicyclic amines) is 1. The largest absolute Gasteiger partial charge is 0.422 e. The van der Waals surface area contributed by atoms with Crippen LogP contribution in [0.25, 0.3) is 0 Å². The molecule has 1 fully saturated rings. The molecule has 2 aromatic carbocycles. The van der Waals surface area contributed by atoms with Gasteiger partial charge in [-0.2, -0.15) is 0 Å². The molecular formula is C18H14BrClN2O4S. The van der Waals surface area contributed by atoms with Crippen molar-refractivity contribution in [3.8, 4) is 5.75 Å². The van der Waals surface area contributed by atoms with Crippen LogP contribution in [0, 0.1) is 10.1 Å². The van der Waals surface area contributed by atoms with Crippen LogP contribution in [-0.4, -0.2) is 33.9 Å². The molecule has 0 N–H and O–H groups in total. The molecule has 27 heavy (non-hydrogen) atoms. The van der Waals surface area contributed by atoms with Crippen LogP contribution >= 0.6 is 39.7 Å². The van der Waals surface area contributed by atoms with E-state index in [-0.39, 0.29) is 16.3 Å². The van der Waals surface area contributed by atoms with Crippen molar-refractivity contribution in [2.24, 2.45) is 0 Å². The normalized spacial score (nSPS) is 13.5. The van der Waals surface area contributed by atoms with Crippen LogP contribution < -0.4 is 4.74 Å². The maximum atomic E-state index is 12.5. The third kappa shape index (κ3) is 4.45. The first kappa shape index (κ1) is 19.7. The molecule has 0 amide bonds. The average Bonchev–Trinajstić information content (AvgIpc) is 3.17. The number of benzene rings is 2. The molecule has 1 saturated heterocycles. The Morgan fingerprint density at radius 1 is 1.22 bits per heavy atom. The lowest BCUT2D eigenvalue weighted by Gasteiger charge is -2.20. The SMILES string of the molecule is O=C(Oc1ccc(Br)cc1C(=S)N1CCCC1)c1ccc(Cl)c([N+](=O)[O-])c1. The van der Waals surface area contributed by atoms with Gasteiger partial charge in [0.05, 0.1) is 16.1 Å². The van der Waals surface area contributed by atoms with E-state index in [4.69, 9.17) is 28.6 Å². The van der Waals surface area contributed by atoms with Gasteiger partial charge in [-0.15, -0.1) is 0 Å². The standard InChI is InChI=1S/C18H14BrClN2O4S/c19-12-4-6-16(13(10-12)17(27)21-7-1-2-8-21)26-18(23)11-3-5-14(20)15(9-11)22(24)25/h3-6,9-10H,1-2,7-8H2. The summed E-state index contributed by atoms with van der Waals surface area (Å²) in [4.78, 5) is 25.6. The summed E-state index contributed by atoms with van der Waals surface area (Å²) in [6.07, 6.45) is 2.13. The second-order valence-electron chi connectivity index (χ2n) is 5.95. The Hall–Kier alpha value is -2.03. The molecule has 1 aliphatic rings. The van der Waals surface area contributed by atoms with Gasteiger partial charge in [0.15, 0.2) is 0 Å². The third-order valence-electron chi connectivity index (χ3n) is 4.15. The predicted molar refractivity (Wildman–Crippen MR) is 110 cm³/mol. The van der Waals surface area contributed by atoms with Crippen LogP contribution in [0.2, 0.25) is 5.02 Å². The van der Waals surface area contributed by atoms with Crippen molar-refractivity contribution in [3.63, 3.8) is 0 Å². The van der Waals surface area contributed by atoms with Crippen LogP contribution in [0.1, 0.15) is 28.8 Å². The van der Waals surface area contributed by atoms with Crippen molar-refractivity contribution in [2.75, 3.05) is 13.1 Å². The Morgan fingerprint density at radius 2 is 1.93 bits per heavy atom. The molecule has 0 saturated carbocycles. The fourth-order valence-corrected chi connectivity index (χ4v) is 3.68. The molecule has 0 unspecified atom stereocenters. The summed E-state index contributed by atoms with van der Waals surface area (Å²) in [5, 5.41) is 11.0. The zero-order valence-corrected chi connectivity index (χ0v) is 17.1. The summed E-state index contributed by atoms with van der Waals surface area (Å²) in [6.45, 7) is 1.73. The smallest absolute Gasteiger partial charge is 0.343 e. The zero-order valence-electron chi connectivity index (χ0n) is 14.0. The molecule has 1 aliphatic heterocycles. The number of esters is 1. The van der Waals surface area contributed by atoms with Gasteiger partial charge in [-0.3, -0.25) is 10.1 Å². The first-order chi connectivity index (χ1) is 12.9. The van der Waals surface area contributed by atoms with E-state index in [1.807, 2.05) is 0 Å². The number of ether oxygens (including phenoxy) is 1. The van der Waals surface area contributed by atoms with Crippen molar-refractivity contribution < 1.29 is 14.5 Å². The molecule has 0 radical (unpaired) electrons. The minimum atomic E-state index is -0.720. The number of carbonyl (C=O) groups excluding carboxylic acids is 1. The van der Waals surface area contributed by atoms with E-state index in [1.54, 1.807) is 18.2 Å². The van der Waals surface area contributed by atoms with Gasteiger partial charge in [0.1, 0.15) is 15.8 Å². The Morgan fingerprint density at radius 3 is 2.59 bits per heavy atom. The van der Waals surface area contributed by atoms with Gasteiger partial charge in [-0.25, -0.2) is 4.79 Å². The highest BCUT2D eigenvalue weighted by Crippen LogP contribution is 2.29. The summed E-state index contributed by atoms with van der Waals surface area (Å²) < 4.78 is 6.31. The molecule has 0 spiro atoms. The Balaban J connectivity index is 1.89. The number of hydrogen-bond donors (Lipinski definition) is 0. The maximum absolute atomic E-state index is 12.5. The molecular weight excluding hydrogens is 456 g/mol. The monoisotopic (exact) mass is 468 g/mol. The minimum Gasteiger partial charge on any atom is -0.422 e. The molecule has 0 aliphatic carbocycles. The van der Waals surface area contributed by atoms with Gasteiger partial charge in [0.25, 0.3) is 5.69 Å². The van der Waals surface area contributed by atoms with Gasteiger partial charge in [-0.1, -0.05) is 39.7 Å². The van der Waals surface area contributed by atoms with Crippen LogP contribution in [0.4, 0.5) is 5.69 Å². The van der Waals surface area contributed by atoms with Crippen LogP contribution in [-0.2, 0) is 0 Å². The van der Waals surface area contributed by atoms with E-state index >= 15 is 0 Å². The summed E-state index contributed by atoms with van der Waals surface area (Å²) >= 11 is 14.8. The fraction of sp³-hybridized carbons (Fsp3) is 0.222. The zero-order chi connectivity index (χ0) is 19.6. The Labute approximate surface area is 174 Å². The highest BCUT2D eigenvalue weighted by molar-refractivity contribution is 9.10. The van der Waals surface area contributed by atoms with E-state index in [9.17, 15) is 14.9 Å². The number of nitro benzene ring substituents is 1. The summed E-state index contributed by atoms with van der Waals surface area (Å²) in [5.41, 5.74) is 0.305. The summed E-state index contributed by atoms with van der Waals surface area (Å²) in [6, 6.07) is 8.96. The van der Waals surface area contributed by atoms with Gasteiger partial charge in [0.2, 0.25) is 0 Å². The van der Waals surface area contributed by atoms with Gasteiger partial charge in [0, 0.05) is 23.6 Å². The molecule has 0 aromatic heterocycles. The number of halogens is 2. The predicted octanol–water partition coefficient (Wildman–Crippen LogP) is 5.00. The van der Waals surface area contributed by atoms with Crippen LogP contribution in [0.5, 0.6) is 5.75 Å². The first-order valence-electron chi connectivity index (χ1n) is 8.12. The molecule has 140 valence electrons. The summed E-state index contributed by atoms with van der Waals surface area (Å²) in [5.74, 6) is -0.416. The van der Waals surface area contributed by atoms with Crippen LogP contribution in [0.15, 0.2) is 40.9 Å². The number of nitrogens with zero attached hydrogens (tertiary/aromatic N) is 2. The van der Waals surface area contributed by atoms with Crippen molar-refractivity contribution >= 4 is 56.4 Å². The van der Waals surface area contributed by atoms with Gasteiger partial charge in [-0.05, 0) is 43.2 Å². The lowest BCUT2D eigenvalue weighted by atomic mass is 10.1. The van der Waals surface area contributed by atoms with Crippen molar-refractivity contribution in [3.05, 3.63) is 67.1 Å². The number of nitro groups is 1. The van der Waals surface area contributed by atoms with E-state index in [0.717, 1.165) is 36.5 Å².